The normalized spacial score (nSPS) is 12.4. The largest absolute Gasteiger partial charge is 0.494 e. The molecule has 0 heterocycles. The second-order valence-corrected chi connectivity index (χ2v) is 12.9. The number of sulfonamides is 1. The number of amides is 2. The molecule has 0 saturated carbocycles. The summed E-state index contributed by atoms with van der Waals surface area (Å²) in [5.41, 5.74) is 1.33. The smallest absolute Gasteiger partial charge is 0.264 e. The zero-order valence-electron chi connectivity index (χ0n) is 25.1. The Balaban J connectivity index is 2.07. The summed E-state index contributed by atoms with van der Waals surface area (Å²) in [6.45, 7) is 11.0. The first-order valence-corrected chi connectivity index (χ1v) is 15.4. The van der Waals surface area contributed by atoms with Crippen molar-refractivity contribution in [2.24, 2.45) is 0 Å². The van der Waals surface area contributed by atoms with Crippen molar-refractivity contribution >= 4 is 27.5 Å². The van der Waals surface area contributed by atoms with E-state index in [-0.39, 0.29) is 23.0 Å². The lowest BCUT2D eigenvalue weighted by Crippen LogP contribution is -2.55. The third-order valence-corrected chi connectivity index (χ3v) is 8.39. The van der Waals surface area contributed by atoms with E-state index in [0.29, 0.717) is 18.8 Å². The van der Waals surface area contributed by atoms with Gasteiger partial charge in [0.2, 0.25) is 11.8 Å². The summed E-state index contributed by atoms with van der Waals surface area (Å²) in [4.78, 5) is 28.9. The fraction of sp³-hybridized carbons (Fsp3) is 0.375. The summed E-state index contributed by atoms with van der Waals surface area (Å²) in [6, 6.07) is 17.4. The summed E-state index contributed by atoms with van der Waals surface area (Å²) < 4.78 is 48.1. The summed E-state index contributed by atoms with van der Waals surface area (Å²) in [6.07, 6.45) is 0.307. The zero-order valence-corrected chi connectivity index (χ0v) is 25.9. The zero-order chi connectivity index (χ0) is 31.1. The van der Waals surface area contributed by atoms with Crippen molar-refractivity contribution in [3.05, 3.63) is 89.7 Å². The van der Waals surface area contributed by atoms with E-state index in [1.54, 1.807) is 6.92 Å². The van der Waals surface area contributed by atoms with E-state index in [1.165, 1.54) is 41.3 Å². The van der Waals surface area contributed by atoms with Crippen LogP contribution in [0.3, 0.4) is 0 Å². The van der Waals surface area contributed by atoms with Gasteiger partial charge < -0.3 is 15.0 Å². The van der Waals surface area contributed by atoms with Gasteiger partial charge in [-0.25, -0.2) is 12.8 Å². The molecule has 0 aliphatic rings. The molecule has 0 unspecified atom stereocenters. The van der Waals surface area contributed by atoms with Gasteiger partial charge in [-0.1, -0.05) is 31.2 Å². The molecular weight excluding hydrogens is 557 g/mol. The fourth-order valence-corrected chi connectivity index (χ4v) is 5.90. The van der Waals surface area contributed by atoms with Gasteiger partial charge in [-0.15, -0.1) is 0 Å². The number of nitrogens with one attached hydrogen (secondary N) is 1. The van der Waals surface area contributed by atoms with Gasteiger partial charge in [0, 0.05) is 12.1 Å². The van der Waals surface area contributed by atoms with E-state index in [9.17, 15) is 22.4 Å². The Morgan fingerprint density at radius 3 is 2.12 bits per heavy atom. The summed E-state index contributed by atoms with van der Waals surface area (Å²) in [5, 5.41) is 2.95. The standard InChI is InChI=1S/C32H40FN3O5S/c1-7-29(31(38)34-32(4,5)6)35(21-24-12-10-9-11-23(24)3)30(37)22-36(26-15-13-25(33)14-16-26)42(39,40)28-19-17-27(18-20-28)41-8-2/h9-20,29H,7-8,21-22H2,1-6H3,(H,34,38)/t29-/m1/s1. The first-order valence-electron chi connectivity index (χ1n) is 13.9. The molecule has 0 aromatic heterocycles. The predicted molar refractivity (Wildman–Crippen MR) is 162 cm³/mol. The number of ether oxygens (including phenoxy) is 1. The van der Waals surface area contributed by atoms with Gasteiger partial charge in [0.05, 0.1) is 17.2 Å². The molecule has 8 nitrogen and oxygen atoms in total. The van der Waals surface area contributed by atoms with Gasteiger partial charge >= 0.3 is 0 Å². The highest BCUT2D eigenvalue weighted by molar-refractivity contribution is 7.92. The third-order valence-electron chi connectivity index (χ3n) is 6.60. The molecule has 1 atom stereocenters. The molecular formula is C32H40FN3O5S. The topological polar surface area (TPSA) is 96.0 Å². The second kappa shape index (κ2) is 13.8. The third kappa shape index (κ3) is 8.31. The Bertz CT molecular complexity index is 1470. The lowest BCUT2D eigenvalue weighted by atomic mass is 10.0. The van der Waals surface area contributed by atoms with Crippen LogP contribution < -0.4 is 14.4 Å². The number of hydrogen-bond acceptors (Lipinski definition) is 5. The molecule has 0 radical (unpaired) electrons. The van der Waals surface area contributed by atoms with Gasteiger partial charge in [-0.3, -0.25) is 13.9 Å². The molecule has 0 spiro atoms. The van der Waals surface area contributed by atoms with E-state index in [2.05, 4.69) is 5.32 Å². The monoisotopic (exact) mass is 597 g/mol. The van der Waals surface area contributed by atoms with Crippen LogP contribution in [-0.4, -0.2) is 49.9 Å². The number of carbonyl (C=O) groups excluding carboxylic acids is 2. The Kier molecular flexibility index (Phi) is 10.7. The maximum Gasteiger partial charge on any atom is 0.264 e. The van der Waals surface area contributed by atoms with Crippen LogP contribution in [0.15, 0.2) is 77.7 Å². The van der Waals surface area contributed by atoms with E-state index >= 15 is 0 Å². The van der Waals surface area contributed by atoms with Crippen LogP contribution in [0.2, 0.25) is 0 Å². The summed E-state index contributed by atoms with van der Waals surface area (Å²) >= 11 is 0. The highest BCUT2D eigenvalue weighted by Gasteiger charge is 2.34. The van der Waals surface area contributed by atoms with Crippen LogP contribution in [0.4, 0.5) is 10.1 Å². The molecule has 2 amide bonds. The summed E-state index contributed by atoms with van der Waals surface area (Å²) in [5.74, 6) is -0.960. The molecule has 0 bridgehead atoms. The van der Waals surface area contributed by atoms with Gasteiger partial charge in [0.1, 0.15) is 24.2 Å². The molecule has 1 N–H and O–H groups in total. The number of hydrogen-bond donors (Lipinski definition) is 1. The lowest BCUT2D eigenvalue weighted by molar-refractivity contribution is -0.141. The van der Waals surface area contributed by atoms with E-state index in [4.69, 9.17) is 4.74 Å². The quantitative estimate of drug-likeness (QED) is 0.300. The molecule has 0 saturated heterocycles. The Morgan fingerprint density at radius 1 is 0.952 bits per heavy atom. The summed E-state index contributed by atoms with van der Waals surface area (Å²) in [7, 11) is -4.28. The van der Waals surface area contributed by atoms with Crippen molar-refractivity contribution in [1.29, 1.82) is 0 Å². The minimum atomic E-state index is -4.28. The van der Waals surface area contributed by atoms with Gasteiger partial charge in [0.15, 0.2) is 0 Å². The van der Waals surface area contributed by atoms with Crippen molar-refractivity contribution in [2.45, 2.75) is 71.0 Å². The van der Waals surface area contributed by atoms with Gasteiger partial charge in [-0.2, -0.15) is 0 Å². The van der Waals surface area contributed by atoms with E-state index < -0.39 is 39.9 Å². The average molecular weight is 598 g/mol. The van der Waals surface area contributed by atoms with Crippen molar-refractivity contribution in [3.8, 4) is 5.75 Å². The van der Waals surface area contributed by atoms with Crippen LogP contribution in [-0.2, 0) is 26.2 Å². The average Bonchev–Trinajstić information content (AvgIpc) is 2.92. The molecule has 42 heavy (non-hydrogen) atoms. The first-order chi connectivity index (χ1) is 19.8. The highest BCUT2D eigenvalue weighted by Crippen LogP contribution is 2.27. The SMILES string of the molecule is CCOc1ccc(S(=O)(=O)N(CC(=O)N(Cc2ccccc2C)[C@H](CC)C(=O)NC(C)(C)C)c2ccc(F)cc2)cc1. The molecule has 3 aromatic carbocycles. The fourth-order valence-electron chi connectivity index (χ4n) is 4.48. The number of benzene rings is 3. The number of aryl methyl sites for hydroxylation is 1. The van der Waals surface area contributed by atoms with Crippen molar-refractivity contribution in [3.63, 3.8) is 0 Å². The van der Waals surface area contributed by atoms with Gasteiger partial charge in [0.25, 0.3) is 10.0 Å². The maximum atomic E-state index is 14.1. The first kappa shape index (κ1) is 32.6. The molecule has 3 aromatic rings. The van der Waals surface area contributed by atoms with Crippen LogP contribution >= 0.6 is 0 Å². The number of carbonyl (C=O) groups is 2. The van der Waals surface area contributed by atoms with E-state index in [0.717, 1.165) is 27.6 Å². The Morgan fingerprint density at radius 2 is 1.57 bits per heavy atom. The van der Waals surface area contributed by atoms with Crippen LogP contribution in [0.25, 0.3) is 0 Å². The maximum absolute atomic E-state index is 14.1. The Labute approximate surface area is 248 Å². The van der Waals surface area contributed by atoms with Crippen LogP contribution in [0.5, 0.6) is 5.75 Å². The molecule has 0 aliphatic carbocycles. The molecule has 226 valence electrons. The number of halogens is 1. The lowest BCUT2D eigenvalue weighted by Gasteiger charge is -2.35. The number of nitrogens with zero attached hydrogens (tertiary/aromatic N) is 2. The van der Waals surface area contributed by atoms with Gasteiger partial charge in [-0.05, 0) is 101 Å². The molecule has 0 fully saturated rings. The second-order valence-electron chi connectivity index (χ2n) is 11.0. The minimum Gasteiger partial charge on any atom is -0.494 e. The van der Waals surface area contributed by atoms with Crippen molar-refractivity contribution in [1.82, 2.24) is 10.2 Å². The minimum absolute atomic E-state index is 0.0638. The van der Waals surface area contributed by atoms with Crippen LogP contribution in [0, 0.1) is 12.7 Å². The molecule has 3 rings (SSSR count). The highest BCUT2D eigenvalue weighted by atomic mass is 32.2. The van der Waals surface area contributed by atoms with Crippen molar-refractivity contribution in [2.75, 3.05) is 17.5 Å². The Hall–Kier alpha value is -3.92. The predicted octanol–water partition coefficient (Wildman–Crippen LogP) is 5.45. The molecule has 10 heteroatoms. The van der Waals surface area contributed by atoms with Crippen LogP contribution in [0.1, 0.15) is 52.2 Å². The number of anilines is 1. The van der Waals surface area contributed by atoms with Crippen molar-refractivity contribution < 1.29 is 27.1 Å². The molecule has 0 aliphatic heterocycles. The van der Waals surface area contributed by atoms with E-state index in [1.807, 2.05) is 58.9 Å². The number of rotatable bonds is 12.